The quantitative estimate of drug-likeness (QED) is 0.0881. The van der Waals surface area contributed by atoms with E-state index in [0.717, 1.165) is 56.4 Å². The van der Waals surface area contributed by atoms with Crippen LogP contribution in [-0.4, -0.2) is 74.8 Å². The van der Waals surface area contributed by atoms with E-state index in [1.807, 2.05) is 34.8 Å². The third-order valence-electron chi connectivity index (χ3n) is 8.94. The first-order chi connectivity index (χ1) is 24.6. The second-order valence-corrected chi connectivity index (χ2v) is 13.1. The topological polar surface area (TPSA) is 128 Å². The molecule has 0 bridgehead atoms. The van der Waals surface area contributed by atoms with E-state index in [9.17, 15) is 0 Å². The normalized spacial score (nSPS) is 25.0. The summed E-state index contributed by atoms with van der Waals surface area (Å²) in [6, 6.07) is 0.475. The van der Waals surface area contributed by atoms with Crippen molar-refractivity contribution in [2.45, 2.75) is 151 Å². The number of allylic oxidation sites excluding steroid dienone is 2. The minimum Gasteiger partial charge on any atom is -0.483 e. The van der Waals surface area contributed by atoms with Gasteiger partial charge in [-0.1, -0.05) is 67.5 Å². The molecule has 9 nitrogen and oxygen atoms in total. The number of nitrogens with two attached hydrogens (primary N) is 1. The minimum atomic E-state index is -0.250. The molecule has 0 aromatic rings. The summed E-state index contributed by atoms with van der Waals surface area (Å²) in [5.74, 6) is 4.54. The van der Waals surface area contributed by atoms with E-state index in [1.165, 1.54) is 83.1 Å². The predicted octanol–water partition coefficient (Wildman–Crippen LogP) is 9.85. The highest BCUT2D eigenvalue weighted by Gasteiger charge is 2.28. The maximum Gasteiger partial charge on any atom is 0.290 e. The first kappa shape index (κ1) is 55.1. The maximum atomic E-state index is 9.06. The molecule has 9 heteroatoms. The molecular formula is C42H82N2O7. The van der Waals surface area contributed by atoms with Gasteiger partial charge in [0.05, 0.1) is 12.7 Å². The lowest BCUT2D eigenvalue weighted by Gasteiger charge is -2.39. The lowest BCUT2D eigenvalue weighted by molar-refractivity contribution is -0.123. The Labute approximate surface area is 314 Å². The fourth-order valence-corrected chi connectivity index (χ4v) is 6.64. The number of primary amides is 1. The number of carbonyl (C=O) groups is 3. The first-order valence-corrected chi connectivity index (χ1v) is 19.7. The fourth-order valence-electron chi connectivity index (χ4n) is 6.64. The van der Waals surface area contributed by atoms with Gasteiger partial charge in [-0.25, -0.2) is 0 Å². The molecule has 1 aliphatic heterocycles. The highest BCUT2D eigenvalue weighted by Crippen LogP contribution is 2.33. The van der Waals surface area contributed by atoms with Crippen LogP contribution in [0.5, 0.6) is 0 Å². The molecule has 3 aliphatic rings. The number of hydrogen-bond acceptors (Lipinski definition) is 7. The number of amides is 1. The average molecular weight is 727 g/mol. The van der Waals surface area contributed by atoms with Crippen molar-refractivity contribution in [2.24, 2.45) is 35.3 Å². The smallest absolute Gasteiger partial charge is 0.290 e. The Kier molecular flexibility index (Phi) is 45.1. The van der Waals surface area contributed by atoms with E-state index in [4.69, 9.17) is 33.7 Å². The van der Waals surface area contributed by atoms with Gasteiger partial charge in [-0.15, -0.1) is 6.58 Å². The average Bonchev–Trinajstić information content (AvgIpc) is 3.13. The highest BCUT2D eigenvalue weighted by atomic mass is 16.5. The van der Waals surface area contributed by atoms with Gasteiger partial charge in [-0.05, 0) is 126 Å². The van der Waals surface area contributed by atoms with Crippen LogP contribution in [0.4, 0.5) is 0 Å². The summed E-state index contributed by atoms with van der Waals surface area (Å²) in [5, 5.41) is 6.89. The van der Waals surface area contributed by atoms with Crippen LogP contribution >= 0.6 is 0 Å². The number of ether oxygens (including phenoxy) is 3. The van der Waals surface area contributed by atoms with Crippen molar-refractivity contribution in [2.75, 3.05) is 33.5 Å². The van der Waals surface area contributed by atoms with Gasteiger partial charge in [0.25, 0.3) is 6.47 Å². The summed E-state index contributed by atoms with van der Waals surface area (Å²) in [6.45, 7) is 31.8. The third-order valence-corrected chi connectivity index (χ3v) is 8.94. The molecule has 0 radical (unpaired) electrons. The molecule has 1 heterocycles. The van der Waals surface area contributed by atoms with Crippen LogP contribution in [-0.2, 0) is 28.6 Å². The molecule has 3 rings (SSSR count). The number of likely N-dealkylation sites (tertiary alicyclic amines) is 1. The monoisotopic (exact) mass is 727 g/mol. The Balaban J connectivity index is -0.000000552. The van der Waals surface area contributed by atoms with E-state index >= 15 is 0 Å². The fraction of sp³-hybridized carbons (Fsp3) is 0.786. The van der Waals surface area contributed by atoms with Crippen molar-refractivity contribution >= 4 is 19.2 Å². The molecular weight excluding hydrogens is 644 g/mol. The lowest BCUT2D eigenvalue weighted by atomic mass is 9.81. The van der Waals surface area contributed by atoms with E-state index in [-0.39, 0.29) is 12.9 Å². The van der Waals surface area contributed by atoms with Crippen molar-refractivity contribution in [3.8, 4) is 0 Å². The summed E-state index contributed by atoms with van der Waals surface area (Å²) in [5.41, 5.74) is 4.17. The Morgan fingerprint density at radius 1 is 0.804 bits per heavy atom. The van der Waals surface area contributed by atoms with Crippen LogP contribution in [0, 0.1) is 29.6 Å². The van der Waals surface area contributed by atoms with Gasteiger partial charge >= 0.3 is 0 Å². The van der Waals surface area contributed by atoms with Crippen LogP contribution in [0.3, 0.4) is 0 Å². The molecule has 302 valence electrons. The van der Waals surface area contributed by atoms with Crippen LogP contribution in [0.1, 0.15) is 139 Å². The molecule has 1 saturated heterocycles. The number of nitrogens with zero attached hydrogens (tertiary/aromatic N) is 1. The number of carboxylic acid groups (broad SMARTS) is 1. The zero-order chi connectivity index (χ0) is 39.9. The number of methoxy groups -OCH3 is 1. The summed E-state index contributed by atoms with van der Waals surface area (Å²) < 4.78 is 18.2. The van der Waals surface area contributed by atoms with Crippen molar-refractivity contribution in [3.05, 3.63) is 37.8 Å². The molecule has 3 N–H and O–H groups in total. The number of rotatable bonds is 12. The Morgan fingerprint density at radius 3 is 1.63 bits per heavy atom. The van der Waals surface area contributed by atoms with Gasteiger partial charge in [0.15, 0.2) is 5.88 Å². The van der Waals surface area contributed by atoms with Gasteiger partial charge in [0.2, 0.25) is 6.41 Å². The van der Waals surface area contributed by atoms with Gasteiger partial charge in [-0.3, -0.25) is 14.4 Å². The van der Waals surface area contributed by atoms with Gasteiger partial charge in [-0.2, -0.15) is 0 Å². The number of aldehydes is 1. The molecule has 1 amide bonds. The van der Waals surface area contributed by atoms with E-state index < -0.39 is 0 Å². The van der Waals surface area contributed by atoms with Crippen molar-refractivity contribution in [1.82, 2.24) is 4.90 Å². The largest absolute Gasteiger partial charge is 0.483 e. The van der Waals surface area contributed by atoms with Gasteiger partial charge < -0.3 is 30.0 Å². The Hall–Kier alpha value is -2.65. The van der Waals surface area contributed by atoms with Crippen molar-refractivity contribution in [3.63, 3.8) is 0 Å². The molecule has 3 fully saturated rings. The molecule has 51 heavy (non-hydrogen) atoms. The maximum absolute atomic E-state index is 9.06. The van der Waals surface area contributed by atoms with Crippen LogP contribution < -0.4 is 5.73 Å². The van der Waals surface area contributed by atoms with Crippen molar-refractivity contribution in [1.29, 1.82) is 0 Å². The van der Waals surface area contributed by atoms with Gasteiger partial charge in [0.1, 0.15) is 6.29 Å². The molecule has 3 atom stereocenters. The van der Waals surface area contributed by atoms with Crippen molar-refractivity contribution < 1.29 is 33.7 Å². The first-order valence-electron chi connectivity index (χ1n) is 19.7. The highest BCUT2D eigenvalue weighted by molar-refractivity contribution is 5.63. The minimum absolute atomic E-state index is 0.250. The second kappa shape index (κ2) is 41.8. The van der Waals surface area contributed by atoms with Crippen LogP contribution in [0.25, 0.3) is 0 Å². The molecule has 0 spiro atoms. The third kappa shape index (κ3) is 31.8. The van der Waals surface area contributed by atoms with E-state index in [0.29, 0.717) is 30.3 Å². The summed E-state index contributed by atoms with van der Waals surface area (Å²) in [7, 11) is 1.82. The summed E-state index contributed by atoms with van der Waals surface area (Å²) in [6.07, 6.45) is 20.7. The SMILES string of the molecule is C=CC=O.C=CCC1CCC(COC(=C)N2CCC(OCC3CCC(COC)CC3)CC(C)CC2C)CC1.CC.CC.CCC.NC=O.O=CO. The predicted molar refractivity (Wildman–Crippen MR) is 215 cm³/mol. The number of carbonyl (C=O) groups excluding carboxylic acids is 2. The molecule has 0 aromatic heterocycles. The van der Waals surface area contributed by atoms with Gasteiger partial charge in [0, 0.05) is 32.9 Å². The summed E-state index contributed by atoms with van der Waals surface area (Å²) in [4.78, 5) is 28.4. The Morgan fingerprint density at radius 2 is 1.22 bits per heavy atom. The zero-order valence-corrected chi connectivity index (χ0v) is 34.5. The van der Waals surface area contributed by atoms with E-state index in [2.05, 4.69) is 64.1 Å². The number of hydrogen-bond donors (Lipinski definition) is 2. The van der Waals surface area contributed by atoms with Crippen LogP contribution in [0.2, 0.25) is 0 Å². The molecule has 0 aromatic carbocycles. The van der Waals surface area contributed by atoms with E-state index in [1.54, 1.807) is 0 Å². The molecule has 2 aliphatic carbocycles. The zero-order valence-electron chi connectivity index (χ0n) is 34.5. The van der Waals surface area contributed by atoms with Crippen LogP contribution in [0.15, 0.2) is 37.8 Å². The lowest BCUT2D eigenvalue weighted by Crippen LogP contribution is -2.40. The second-order valence-electron chi connectivity index (χ2n) is 13.1. The molecule has 3 unspecified atom stereocenters. The Bertz CT molecular complexity index is 782. The molecule has 2 saturated carbocycles. The standard InChI is InChI=1S/C30H53NO3.C3H4O.C3H8.2C2H6.CH3NO.CH2O2/c1-6-7-26-8-10-28(11-9-26)21-33-25(4)31-17-16-30(19-23(2)18-24(31)3)34-22-29-14-12-27(13-15-29)20-32-5;1-2-3-4;1-3-2;2*1-2;2*2-1-3/h6,23-24,26-30H,1,4,7-22H2,2-3,5H3;2-3H,1H2;3H2,1-2H3;2*1-2H3;1H,(H2,2,3);1H,(H,2,3). The summed E-state index contributed by atoms with van der Waals surface area (Å²) >= 11 is 0.